The summed E-state index contributed by atoms with van der Waals surface area (Å²) in [6, 6.07) is 6.54. The van der Waals surface area contributed by atoms with Crippen LogP contribution in [0.3, 0.4) is 0 Å². The lowest BCUT2D eigenvalue weighted by molar-refractivity contribution is -0.274. The number of rotatable bonds is 4. The molecule has 4 aliphatic rings. The van der Waals surface area contributed by atoms with Crippen LogP contribution in [0.5, 0.6) is 5.75 Å². The maximum Gasteiger partial charge on any atom is 0.573 e. The Kier molecular flexibility index (Phi) is 4.26. The number of carbonyl (C=O) groups excluding carboxylic acids is 1. The van der Waals surface area contributed by atoms with E-state index in [0.29, 0.717) is 24.3 Å². The number of nitrogens with one attached hydrogen (secondary N) is 1. The molecule has 6 rings (SSSR count). The minimum absolute atomic E-state index is 0. The Morgan fingerprint density at radius 2 is 2.06 bits per heavy atom. The highest BCUT2D eigenvalue weighted by molar-refractivity contribution is 5.75. The van der Waals surface area contributed by atoms with Crippen molar-refractivity contribution in [2.45, 2.75) is 37.0 Å². The quantitative estimate of drug-likeness (QED) is 0.771. The summed E-state index contributed by atoms with van der Waals surface area (Å²) < 4.78 is 41.7. The van der Waals surface area contributed by atoms with Gasteiger partial charge in [-0.15, -0.1) is 13.2 Å². The van der Waals surface area contributed by atoms with Gasteiger partial charge >= 0.3 is 12.4 Å². The zero-order valence-electron chi connectivity index (χ0n) is 17.4. The highest BCUT2D eigenvalue weighted by atomic mass is 19.4. The summed E-state index contributed by atoms with van der Waals surface area (Å²) in [5.74, 6) is 2.45. The summed E-state index contributed by atoms with van der Waals surface area (Å²) in [4.78, 5) is 20.9. The molecule has 3 heterocycles. The number of amides is 2. The van der Waals surface area contributed by atoms with Gasteiger partial charge in [0, 0.05) is 33.5 Å². The van der Waals surface area contributed by atoms with Gasteiger partial charge in [0.15, 0.2) is 0 Å². The summed E-state index contributed by atoms with van der Waals surface area (Å²) in [6.45, 7) is 2.95. The molecular formula is C22H26F3N5O2. The number of aromatic nitrogens is 3. The Labute approximate surface area is 184 Å². The molecule has 2 saturated carbocycles. The predicted octanol–water partition coefficient (Wildman–Crippen LogP) is 3.77. The Hall–Kier alpha value is -2.78. The van der Waals surface area contributed by atoms with Crippen LogP contribution in [-0.2, 0) is 5.41 Å². The number of likely N-dealkylation sites (tertiary alicyclic amines) is 2. The molecule has 4 atom stereocenters. The number of halogens is 3. The molecule has 1 aromatic carbocycles. The molecule has 1 N–H and O–H groups in total. The van der Waals surface area contributed by atoms with Crippen molar-refractivity contribution in [3.05, 3.63) is 42.0 Å². The van der Waals surface area contributed by atoms with E-state index in [4.69, 9.17) is 0 Å². The van der Waals surface area contributed by atoms with Crippen LogP contribution < -0.4 is 4.74 Å². The van der Waals surface area contributed by atoms with E-state index in [1.807, 2.05) is 15.9 Å². The topological polar surface area (TPSA) is 74.3 Å². The minimum atomic E-state index is -4.67. The van der Waals surface area contributed by atoms with E-state index < -0.39 is 6.36 Å². The lowest BCUT2D eigenvalue weighted by Gasteiger charge is -2.49. The molecule has 3 unspecified atom stereocenters. The normalized spacial score (nSPS) is 31.7. The molecule has 0 radical (unpaired) electrons. The number of benzene rings is 1. The molecule has 2 aromatic rings. The first-order valence-electron chi connectivity index (χ1n) is 11.1. The summed E-state index contributed by atoms with van der Waals surface area (Å²) in [7, 11) is 0. The fourth-order valence-corrected chi connectivity index (χ4v) is 6.19. The molecule has 7 nitrogen and oxygen atoms in total. The molecule has 172 valence electrons. The van der Waals surface area contributed by atoms with Gasteiger partial charge < -0.3 is 14.5 Å². The van der Waals surface area contributed by atoms with Crippen molar-refractivity contribution >= 4 is 6.03 Å². The van der Waals surface area contributed by atoms with E-state index in [0.717, 1.165) is 50.3 Å². The van der Waals surface area contributed by atoms with Gasteiger partial charge in [-0.05, 0) is 60.1 Å². The van der Waals surface area contributed by atoms with E-state index in [2.05, 4.69) is 19.9 Å². The van der Waals surface area contributed by atoms with Gasteiger partial charge in [0.05, 0.1) is 0 Å². The number of ether oxygens (including phenoxy) is 1. The third-order valence-corrected chi connectivity index (χ3v) is 7.96. The number of H-pyrrole nitrogens is 1. The second-order valence-corrected chi connectivity index (χ2v) is 9.66. The number of aromatic amines is 1. The lowest BCUT2D eigenvalue weighted by Crippen LogP contribution is -2.58. The first-order valence-corrected chi connectivity index (χ1v) is 11.1. The van der Waals surface area contributed by atoms with E-state index in [-0.39, 0.29) is 24.5 Å². The van der Waals surface area contributed by atoms with Gasteiger partial charge in [-0.25, -0.2) is 9.78 Å². The van der Waals surface area contributed by atoms with Gasteiger partial charge in [0.1, 0.15) is 17.9 Å². The van der Waals surface area contributed by atoms with Crippen LogP contribution in [0.1, 0.15) is 38.0 Å². The number of hydrogen-bond donors (Lipinski definition) is 1. The van der Waals surface area contributed by atoms with Crippen LogP contribution >= 0.6 is 0 Å². The summed E-state index contributed by atoms with van der Waals surface area (Å²) >= 11 is 0. The Morgan fingerprint density at radius 3 is 2.78 bits per heavy atom. The van der Waals surface area contributed by atoms with E-state index in [1.165, 1.54) is 12.4 Å². The van der Waals surface area contributed by atoms with Crippen LogP contribution in [0.4, 0.5) is 18.0 Å². The average molecular weight is 449 g/mol. The second kappa shape index (κ2) is 6.86. The lowest BCUT2D eigenvalue weighted by atomic mass is 9.64. The second-order valence-electron chi connectivity index (χ2n) is 9.66. The number of hydrogen-bond acceptors (Lipinski definition) is 4. The van der Waals surface area contributed by atoms with Crippen LogP contribution in [0, 0.1) is 17.8 Å². The molecule has 2 aliphatic carbocycles. The zero-order valence-corrected chi connectivity index (χ0v) is 17.4. The maximum atomic E-state index is 12.8. The van der Waals surface area contributed by atoms with Gasteiger partial charge in [0.25, 0.3) is 0 Å². The largest absolute Gasteiger partial charge is 0.573 e. The van der Waals surface area contributed by atoms with Crippen LogP contribution in [0.2, 0.25) is 0 Å². The van der Waals surface area contributed by atoms with Crippen LogP contribution in [0.15, 0.2) is 30.6 Å². The number of carbonyl (C=O) groups is 1. The van der Waals surface area contributed by atoms with Crippen molar-refractivity contribution in [3.8, 4) is 5.75 Å². The molecule has 2 amide bonds. The number of urea groups is 1. The Bertz CT molecular complexity index is 1030. The van der Waals surface area contributed by atoms with Gasteiger partial charge in [-0.2, -0.15) is 5.10 Å². The van der Waals surface area contributed by atoms with Crippen molar-refractivity contribution in [1.82, 2.24) is 25.0 Å². The molecule has 2 aliphatic heterocycles. The molecule has 0 spiro atoms. The SMILES string of the molecule is O=C(N1CC(C2CC3(c4cccc(OC(F)(F)F)c4)CC23)C1)N1CC[C@H](c2ncn[nH]2)C1.[HH]. The fourth-order valence-electron chi connectivity index (χ4n) is 6.19. The Morgan fingerprint density at radius 1 is 1.22 bits per heavy atom. The van der Waals surface area contributed by atoms with Crippen molar-refractivity contribution in [3.63, 3.8) is 0 Å². The molecule has 1 aromatic heterocycles. The molecule has 4 fully saturated rings. The van der Waals surface area contributed by atoms with E-state index in [1.54, 1.807) is 12.1 Å². The predicted molar refractivity (Wildman–Crippen MR) is 109 cm³/mol. The standard InChI is InChI=1S/C22H24F3N5O2.H2/c23-22(24,25)32-16-3-1-2-15(6-16)21-7-17(18(21)8-21)14-10-30(11-14)20(31)29-5-4-13(9-29)19-26-12-27-28-19;/h1-3,6,12-14,17-18H,4-5,7-11H2,(H,26,27,28);1H/t13-,17?,18?,21?;/m0./s1. The highest BCUT2D eigenvalue weighted by Crippen LogP contribution is 2.73. The van der Waals surface area contributed by atoms with Crippen molar-refractivity contribution in [2.24, 2.45) is 17.8 Å². The van der Waals surface area contributed by atoms with E-state index in [9.17, 15) is 18.0 Å². The number of nitrogens with zero attached hydrogens (tertiary/aromatic N) is 4. The number of fused-ring (bicyclic) bond motifs is 1. The average Bonchev–Trinajstić information content (AvgIpc) is 3.14. The first-order chi connectivity index (χ1) is 15.3. The number of alkyl halides is 3. The van der Waals surface area contributed by atoms with Gasteiger partial charge in [-0.3, -0.25) is 5.10 Å². The van der Waals surface area contributed by atoms with Crippen LogP contribution in [0.25, 0.3) is 0 Å². The van der Waals surface area contributed by atoms with Gasteiger partial charge in [0.2, 0.25) is 0 Å². The maximum absolute atomic E-state index is 12.8. The van der Waals surface area contributed by atoms with Crippen molar-refractivity contribution in [1.29, 1.82) is 0 Å². The summed E-state index contributed by atoms with van der Waals surface area (Å²) in [5, 5.41) is 6.79. The minimum Gasteiger partial charge on any atom is -0.406 e. The van der Waals surface area contributed by atoms with E-state index >= 15 is 0 Å². The fraction of sp³-hybridized carbons (Fsp3) is 0.591. The van der Waals surface area contributed by atoms with Gasteiger partial charge in [-0.1, -0.05) is 12.1 Å². The zero-order chi connectivity index (χ0) is 22.1. The Balaban J connectivity index is 0.00000228. The molecule has 32 heavy (non-hydrogen) atoms. The molecule has 0 bridgehead atoms. The first kappa shape index (κ1) is 19.9. The monoisotopic (exact) mass is 449 g/mol. The molecule has 2 saturated heterocycles. The third kappa shape index (κ3) is 3.22. The highest BCUT2D eigenvalue weighted by Gasteiger charge is 2.69. The summed E-state index contributed by atoms with van der Waals surface area (Å²) in [5.41, 5.74) is 0.961. The molecule has 10 heteroatoms. The third-order valence-electron chi connectivity index (χ3n) is 7.96. The van der Waals surface area contributed by atoms with Crippen molar-refractivity contribution < 1.29 is 24.1 Å². The smallest absolute Gasteiger partial charge is 0.406 e. The molecular weight excluding hydrogens is 423 g/mol. The van der Waals surface area contributed by atoms with Crippen LogP contribution in [-0.4, -0.2) is 63.6 Å². The van der Waals surface area contributed by atoms with Crippen molar-refractivity contribution in [2.75, 3.05) is 26.2 Å². The summed E-state index contributed by atoms with van der Waals surface area (Å²) in [6.07, 6.45) is -0.286.